The molecule has 6 rings (SSSR count). The number of carbonyl (C=O) groups is 1. The maximum atomic E-state index is 13.9. The van der Waals surface area contributed by atoms with Gasteiger partial charge in [-0.15, -0.1) is 11.3 Å². The van der Waals surface area contributed by atoms with E-state index in [0.717, 1.165) is 40.8 Å². The topological polar surface area (TPSA) is 117 Å². The van der Waals surface area contributed by atoms with Crippen molar-refractivity contribution in [3.05, 3.63) is 68.6 Å². The number of benzene rings is 2. The van der Waals surface area contributed by atoms with Crippen molar-refractivity contribution in [2.45, 2.75) is 56.3 Å². The van der Waals surface area contributed by atoms with E-state index in [-0.39, 0.29) is 36.6 Å². The highest BCUT2D eigenvalue weighted by molar-refractivity contribution is 7.89. The number of nitrogens with one attached hydrogen (secondary N) is 2. The lowest BCUT2D eigenvalue weighted by Crippen LogP contribution is -2.56. The smallest absolute Gasteiger partial charge is 0.283 e. The molecule has 13 heteroatoms. The average Bonchev–Trinajstić information content (AvgIpc) is 3.65. The van der Waals surface area contributed by atoms with E-state index in [4.69, 9.17) is 26.1 Å². The molecule has 0 aliphatic carbocycles. The van der Waals surface area contributed by atoms with Gasteiger partial charge in [-0.1, -0.05) is 17.7 Å². The molecule has 2 N–H and O–H groups in total. The highest BCUT2D eigenvalue weighted by Gasteiger charge is 2.38. The maximum absolute atomic E-state index is 13.9. The fraction of sp³-hybridized carbons (Fsp3) is 0.419. The van der Waals surface area contributed by atoms with E-state index in [2.05, 4.69) is 17.2 Å². The molecule has 2 aliphatic heterocycles. The van der Waals surface area contributed by atoms with Crippen LogP contribution >= 0.6 is 22.9 Å². The summed E-state index contributed by atoms with van der Waals surface area (Å²) in [5.74, 6) is 1.19. The largest absolute Gasteiger partial charge is 0.493 e. The Morgan fingerprint density at radius 1 is 1.11 bits per heavy atom. The van der Waals surface area contributed by atoms with Crippen LogP contribution in [-0.2, 0) is 29.4 Å². The first-order valence-electron chi connectivity index (χ1n) is 14.7. The van der Waals surface area contributed by atoms with Gasteiger partial charge in [0.15, 0.2) is 16.5 Å². The normalized spacial score (nSPS) is 19.2. The second-order valence-electron chi connectivity index (χ2n) is 11.3. The minimum atomic E-state index is -3.84. The number of H-pyrrole nitrogens is 1. The number of aromatic amines is 1. The number of piperazine rings is 1. The van der Waals surface area contributed by atoms with Crippen molar-refractivity contribution >= 4 is 49.8 Å². The number of fused-ring (bicyclic) bond motifs is 2. The van der Waals surface area contributed by atoms with Crippen LogP contribution in [0.15, 0.2) is 47.5 Å². The average molecular weight is 658 g/mol. The Bertz CT molecular complexity index is 1790. The van der Waals surface area contributed by atoms with Crippen molar-refractivity contribution in [3.8, 4) is 11.5 Å². The molecule has 4 aromatic rings. The van der Waals surface area contributed by atoms with E-state index in [1.165, 1.54) is 15.6 Å². The molecule has 0 radical (unpaired) electrons. The van der Waals surface area contributed by atoms with Crippen LogP contribution in [-0.4, -0.2) is 79.4 Å². The molecule has 44 heavy (non-hydrogen) atoms. The number of rotatable bonds is 9. The van der Waals surface area contributed by atoms with Crippen LogP contribution in [0.3, 0.4) is 0 Å². The molecule has 1 saturated heterocycles. The van der Waals surface area contributed by atoms with Crippen LogP contribution in [0.4, 0.5) is 0 Å². The molecule has 234 valence electrons. The van der Waals surface area contributed by atoms with Crippen molar-refractivity contribution < 1.29 is 22.7 Å². The molecule has 2 atom stereocenters. The lowest BCUT2D eigenvalue weighted by Gasteiger charge is -2.40. The standard InChI is InChI=1S/C31H36ClN5O5S2/c1-19-13-25-28(17-33-19)43-30(35-25)31(38)37-12-11-36(44(39,40)29-16-21-15-22(32)8-9-24(21)34-29)18-23(37)6-4-5-20-7-10-26(41-2)27(14-20)42-3/h7-10,14-16,19,23,33-34H,4-6,11-13,17-18H2,1-3H3. The molecule has 2 unspecified atom stereocenters. The highest BCUT2D eigenvalue weighted by atomic mass is 35.5. The van der Waals surface area contributed by atoms with Crippen LogP contribution in [0.1, 0.15) is 45.7 Å². The molecule has 0 spiro atoms. The first kappa shape index (κ1) is 30.8. The number of hydrogen-bond acceptors (Lipinski definition) is 8. The van der Waals surface area contributed by atoms with Crippen molar-refractivity contribution in [2.75, 3.05) is 33.9 Å². The molecule has 0 saturated carbocycles. The number of carbonyl (C=O) groups excluding carboxylic acids is 1. The van der Waals surface area contributed by atoms with Gasteiger partial charge >= 0.3 is 0 Å². The molecular formula is C31H36ClN5O5S2. The number of methoxy groups -OCH3 is 2. The molecule has 1 amide bonds. The number of nitrogens with zero attached hydrogens (tertiary/aromatic N) is 3. The van der Waals surface area contributed by atoms with Crippen LogP contribution < -0.4 is 14.8 Å². The third-order valence-electron chi connectivity index (χ3n) is 8.40. The predicted octanol–water partition coefficient (Wildman–Crippen LogP) is 4.87. The Kier molecular flexibility index (Phi) is 8.89. The molecule has 0 bridgehead atoms. The molecule has 2 aliphatic rings. The lowest BCUT2D eigenvalue weighted by molar-refractivity contribution is 0.0547. The monoisotopic (exact) mass is 657 g/mol. The number of aromatic nitrogens is 2. The molecule has 2 aromatic carbocycles. The molecule has 1 fully saturated rings. The first-order chi connectivity index (χ1) is 21.2. The van der Waals surface area contributed by atoms with Crippen molar-refractivity contribution in [1.29, 1.82) is 0 Å². The summed E-state index contributed by atoms with van der Waals surface area (Å²) in [4.78, 5) is 24.6. The van der Waals surface area contributed by atoms with E-state index in [1.807, 2.05) is 23.1 Å². The Balaban J connectivity index is 1.23. The quantitative estimate of drug-likeness (QED) is 0.264. The van der Waals surface area contributed by atoms with E-state index in [0.29, 0.717) is 46.1 Å². The zero-order chi connectivity index (χ0) is 31.0. The van der Waals surface area contributed by atoms with Crippen molar-refractivity contribution in [1.82, 2.24) is 24.5 Å². The molecular weight excluding hydrogens is 622 g/mol. The predicted molar refractivity (Wildman–Crippen MR) is 171 cm³/mol. The highest BCUT2D eigenvalue weighted by Crippen LogP contribution is 2.31. The summed E-state index contributed by atoms with van der Waals surface area (Å²) >= 11 is 7.58. The van der Waals surface area contributed by atoms with Crippen LogP contribution in [0.5, 0.6) is 11.5 Å². The minimum absolute atomic E-state index is 0.118. The SMILES string of the molecule is COc1ccc(CCCC2CN(S(=O)(=O)c3cc4cc(Cl)ccc4[nH]3)CCN2C(=O)c2nc3c(s2)CNC(C)C3)cc1OC. The van der Waals surface area contributed by atoms with Gasteiger partial charge < -0.3 is 24.7 Å². The fourth-order valence-corrected chi connectivity index (χ4v) is 8.68. The Morgan fingerprint density at radius 3 is 2.73 bits per heavy atom. The van der Waals surface area contributed by atoms with Crippen LogP contribution in [0, 0.1) is 0 Å². The summed E-state index contributed by atoms with van der Waals surface area (Å²) in [6.07, 6.45) is 2.90. The van der Waals surface area contributed by atoms with Crippen LogP contribution in [0.2, 0.25) is 5.02 Å². The summed E-state index contributed by atoms with van der Waals surface area (Å²) in [6, 6.07) is 12.7. The van der Waals surface area contributed by atoms with Gasteiger partial charge in [-0.05, 0) is 68.1 Å². The number of halogens is 1. The summed E-state index contributed by atoms with van der Waals surface area (Å²) in [6.45, 7) is 3.49. The summed E-state index contributed by atoms with van der Waals surface area (Å²) < 4.78 is 40.0. The van der Waals surface area contributed by atoms with E-state index >= 15 is 0 Å². The van der Waals surface area contributed by atoms with E-state index < -0.39 is 10.0 Å². The Labute approximate surface area is 266 Å². The number of hydrogen-bond donors (Lipinski definition) is 2. The first-order valence-corrected chi connectivity index (χ1v) is 17.3. The summed E-state index contributed by atoms with van der Waals surface area (Å²) in [5.41, 5.74) is 2.76. The second kappa shape index (κ2) is 12.7. The number of sulfonamides is 1. The zero-order valence-corrected chi connectivity index (χ0v) is 27.3. The molecule has 2 aromatic heterocycles. The lowest BCUT2D eigenvalue weighted by atomic mass is 10.0. The number of amides is 1. The van der Waals surface area contributed by atoms with Crippen LogP contribution in [0.25, 0.3) is 10.9 Å². The number of ether oxygens (including phenoxy) is 2. The third kappa shape index (κ3) is 6.18. The van der Waals surface area contributed by atoms with E-state index in [1.54, 1.807) is 38.5 Å². The molecule has 4 heterocycles. The zero-order valence-electron chi connectivity index (χ0n) is 24.9. The van der Waals surface area contributed by atoms with Crippen molar-refractivity contribution in [3.63, 3.8) is 0 Å². The van der Waals surface area contributed by atoms with Gasteiger partial charge in [0, 0.05) is 65.5 Å². The van der Waals surface area contributed by atoms with Gasteiger partial charge in [0.25, 0.3) is 15.9 Å². The fourth-order valence-electron chi connectivity index (χ4n) is 6.02. The third-order valence-corrected chi connectivity index (χ3v) is 11.5. The van der Waals surface area contributed by atoms with Gasteiger partial charge in [0.2, 0.25) is 0 Å². The Hall–Kier alpha value is -3.16. The maximum Gasteiger partial charge on any atom is 0.283 e. The Morgan fingerprint density at radius 2 is 1.93 bits per heavy atom. The summed E-state index contributed by atoms with van der Waals surface area (Å²) in [7, 11) is -0.628. The van der Waals surface area contributed by atoms with Gasteiger partial charge in [-0.3, -0.25) is 4.79 Å². The van der Waals surface area contributed by atoms with Gasteiger partial charge in [0.1, 0.15) is 5.03 Å². The number of aryl methyl sites for hydroxylation is 1. The second-order valence-corrected chi connectivity index (χ2v) is 14.8. The minimum Gasteiger partial charge on any atom is -0.493 e. The van der Waals surface area contributed by atoms with Crippen molar-refractivity contribution in [2.24, 2.45) is 0 Å². The van der Waals surface area contributed by atoms with Gasteiger partial charge in [-0.25, -0.2) is 13.4 Å². The number of thiazole rings is 1. The van der Waals surface area contributed by atoms with Gasteiger partial charge in [0.05, 0.1) is 19.9 Å². The summed E-state index contributed by atoms with van der Waals surface area (Å²) in [5, 5.41) is 5.29. The molecule has 10 nitrogen and oxygen atoms in total. The van der Waals surface area contributed by atoms with E-state index in [9.17, 15) is 13.2 Å². The van der Waals surface area contributed by atoms with Gasteiger partial charge in [-0.2, -0.15) is 4.31 Å².